The van der Waals surface area contributed by atoms with E-state index in [0.29, 0.717) is 32.1 Å². The van der Waals surface area contributed by atoms with Crippen LogP contribution in [0.25, 0.3) is 6.08 Å². The average Bonchev–Trinajstić information content (AvgIpc) is 3.20. The Bertz CT molecular complexity index is 1520. The second kappa shape index (κ2) is 11.0. The van der Waals surface area contributed by atoms with Crippen LogP contribution in [0.15, 0.2) is 81.1 Å². The van der Waals surface area contributed by atoms with Crippen molar-refractivity contribution < 1.29 is 19.0 Å². The molecule has 1 aromatic heterocycles. The van der Waals surface area contributed by atoms with Gasteiger partial charge in [0.2, 0.25) is 0 Å². The van der Waals surface area contributed by atoms with Gasteiger partial charge in [0.25, 0.3) is 5.56 Å². The molecule has 0 aliphatic carbocycles. The molecule has 0 amide bonds. The molecule has 0 saturated heterocycles. The number of methoxy groups -OCH3 is 2. The minimum Gasteiger partial charge on any atom is -0.493 e. The fourth-order valence-electron chi connectivity index (χ4n) is 3.99. The van der Waals surface area contributed by atoms with Gasteiger partial charge in [-0.2, -0.15) is 0 Å². The maximum Gasteiger partial charge on any atom is 0.338 e. The van der Waals surface area contributed by atoms with E-state index in [1.54, 1.807) is 55.7 Å². The van der Waals surface area contributed by atoms with E-state index < -0.39 is 12.0 Å². The topological polar surface area (TPSA) is 79.1 Å². The first kappa shape index (κ1) is 25.5. The number of carbonyl (C=O) groups is 1. The number of allylic oxidation sites excluding steroid dienone is 1. The monoisotopic (exact) mass is 522 g/mol. The molecule has 4 rings (SSSR count). The van der Waals surface area contributed by atoms with Crippen LogP contribution in [0, 0.1) is 0 Å². The maximum atomic E-state index is 13.7. The standard InChI is InChI=1S/C27H26N2O5S2/c1-6-13-34-26(31)23-16(2)28-27-29(24(23)18-8-10-19(35-5)11-9-18)25(30)22(36-27)15-17-7-12-20(32-3)21(14-17)33-4/h6-12,14-15,24H,1,13H2,2-5H3. The van der Waals surface area contributed by atoms with Gasteiger partial charge in [0.15, 0.2) is 16.3 Å². The predicted octanol–water partition coefficient (Wildman–Crippen LogP) is 3.70. The number of thioether (sulfide) groups is 1. The number of nitrogens with zero attached hydrogens (tertiary/aromatic N) is 2. The summed E-state index contributed by atoms with van der Waals surface area (Å²) in [5, 5.41) is 0. The number of thiazole rings is 1. The summed E-state index contributed by atoms with van der Waals surface area (Å²) in [6.45, 7) is 5.45. The third-order valence-electron chi connectivity index (χ3n) is 5.71. The van der Waals surface area contributed by atoms with Crippen LogP contribution in [0.5, 0.6) is 11.5 Å². The lowest BCUT2D eigenvalue weighted by Crippen LogP contribution is -2.39. The molecule has 1 atom stereocenters. The van der Waals surface area contributed by atoms with E-state index in [1.165, 1.54) is 17.4 Å². The fraction of sp³-hybridized carbons (Fsp3) is 0.222. The van der Waals surface area contributed by atoms with E-state index in [-0.39, 0.29) is 12.2 Å². The molecule has 2 heterocycles. The van der Waals surface area contributed by atoms with E-state index in [0.717, 1.165) is 16.0 Å². The van der Waals surface area contributed by atoms with Crippen LogP contribution in [0.2, 0.25) is 0 Å². The van der Waals surface area contributed by atoms with Crippen molar-refractivity contribution in [2.75, 3.05) is 27.1 Å². The van der Waals surface area contributed by atoms with Crippen LogP contribution in [-0.2, 0) is 9.53 Å². The second-order valence-electron chi connectivity index (χ2n) is 7.86. The summed E-state index contributed by atoms with van der Waals surface area (Å²) < 4.78 is 18.1. The Hall–Kier alpha value is -3.56. The lowest BCUT2D eigenvalue weighted by atomic mass is 9.96. The van der Waals surface area contributed by atoms with Gasteiger partial charge in [-0.05, 0) is 54.6 Å². The highest BCUT2D eigenvalue weighted by Gasteiger charge is 2.33. The highest BCUT2D eigenvalue weighted by molar-refractivity contribution is 7.98. The highest BCUT2D eigenvalue weighted by Crippen LogP contribution is 2.32. The quantitative estimate of drug-likeness (QED) is 0.255. The highest BCUT2D eigenvalue weighted by atomic mass is 32.2. The normalized spacial score (nSPS) is 15.2. The van der Waals surface area contributed by atoms with Crippen molar-refractivity contribution in [3.63, 3.8) is 0 Å². The zero-order valence-electron chi connectivity index (χ0n) is 20.4. The number of hydrogen-bond acceptors (Lipinski definition) is 8. The summed E-state index contributed by atoms with van der Waals surface area (Å²) in [5.41, 5.74) is 2.18. The zero-order valence-corrected chi connectivity index (χ0v) is 22.1. The van der Waals surface area contributed by atoms with Crippen LogP contribution >= 0.6 is 23.1 Å². The molecule has 1 unspecified atom stereocenters. The van der Waals surface area contributed by atoms with Crippen molar-refractivity contribution in [2.24, 2.45) is 4.99 Å². The minimum absolute atomic E-state index is 0.0669. The average molecular weight is 523 g/mol. The zero-order chi connectivity index (χ0) is 25.8. The van der Waals surface area contributed by atoms with Crippen molar-refractivity contribution in [3.8, 4) is 11.5 Å². The second-order valence-corrected chi connectivity index (χ2v) is 9.75. The van der Waals surface area contributed by atoms with Crippen LogP contribution in [0.1, 0.15) is 24.1 Å². The molecular weight excluding hydrogens is 496 g/mol. The van der Waals surface area contributed by atoms with Crippen molar-refractivity contribution in [3.05, 3.63) is 97.2 Å². The molecule has 0 N–H and O–H groups in total. The third-order valence-corrected chi connectivity index (χ3v) is 7.44. The lowest BCUT2D eigenvalue weighted by molar-refractivity contribution is -0.138. The Kier molecular flexibility index (Phi) is 7.81. The number of hydrogen-bond donors (Lipinski definition) is 0. The number of aromatic nitrogens is 1. The Morgan fingerprint density at radius 1 is 1.17 bits per heavy atom. The molecule has 7 nitrogen and oxygen atoms in total. The van der Waals surface area contributed by atoms with Crippen molar-refractivity contribution in [1.82, 2.24) is 4.57 Å². The summed E-state index contributed by atoms with van der Waals surface area (Å²) in [6, 6.07) is 12.6. The number of fused-ring (bicyclic) bond motifs is 1. The van der Waals surface area contributed by atoms with Gasteiger partial charge in [0, 0.05) is 4.90 Å². The van der Waals surface area contributed by atoms with E-state index >= 15 is 0 Å². The van der Waals surface area contributed by atoms with E-state index in [4.69, 9.17) is 14.2 Å². The fourth-order valence-corrected chi connectivity index (χ4v) is 5.45. The van der Waals surface area contributed by atoms with Crippen LogP contribution in [-0.4, -0.2) is 37.6 Å². The van der Waals surface area contributed by atoms with Gasteiger partial charge in [-0.25, -0.2) is 9.79 Å². The molecular formula is C27H26N2O5S2. The summed E-state index contributed by atoms with van der Waals surface area (Å²) in [7, 11) is 3.13. The summed E-state index contributed by atoms with van der Waals surface area (Å²) in [5.74, 6) is 0.640. The van der Waals surface area contributed by atoms with E-state index in [2.05, 4.69) is 11.6 Å². The van der Waals surface area contributed by atoms with Gasteiger partial charge in [-0.15, -0.1) is 11.8 Å². The molecule has 1 aliphatic heterocycles. The number of esters is 1. The van der Waals surface area contributed by atoms with Crippen LogP contribution < -0.4 is 24.4 Å². The van der Waals surface area contributed by atoms with Crippen molar-refractivity contribution >= 4 is 35.1 Å². The Labute approximate surface area is 217 Å². The lowest BCUT2D eigenvalue weighted by Gasteiger charge is -2.24. The molecule has 2 aromatic carbocycles. The molecule has 0 bridgehead atoms. The van der Waals surface area contributed by atoms with Crippen LogP contribution in [0.4, 0.5) is 0 Å². The Morgan fingerprint density at radius 3 is 2.53 bits per heavy atom. The third kappa shape index (κ3) is 4.89. The van der Waals surface area contributed by atoms with E-state index in [1.807, 2.05) is 36.6 Å². The summed E-state index contributed by atoms with van der Waals surface area (Å²) in [4.78, 5) is 33.0. The Balaban J connectivity index is 1.90. The number of carbonyl (C=O) groups excluding carboxylic acids is 1. The summed E-state index contributed by atoms with van der Waals surface area (Å²) in [6.07, 6.45) is 5.29. The minimum atomic E-state index is -0.665. The first-order chi connectivity index (χ1) is 17.4. The molecule has 1 aliphatic rings. The molecule has 0 radical (unpaired) electrons. The SMILES string of the molecule is C=CCOC(=O)C1=C(C)N=c2sc(=Cc3ccc(OC)c(OC)c3)c(=O)n2C1c1ccc(SC)cc1. The maximum absolute atomic E-state index is 13.7. The van der Waals surface area contributed by atoms with Gasteiger partial charge >= 0.3 is 5.97 Å². The van der Waals surface area contributed by atoms with Gasteiger partial charge in [-0.1, -0.05) is 42.2 Å². The van der Waals surface area contributed by atoms with Gasteiger partial charge in [0.05, 0.1) is 36.1 Å². The first-order valence-electron chi connectivity index (χ1n) is 11.1. The molecule has 186 valence electrons. The van der Waals surface area contributed by atoms with Gasteiger partial charge in [-0.3, -0.25) is 9.36 Å². The molecule has 3 aromatic rings. The van der Waals surface area contributed by atoms with E-state index in [9.17, 15) is 9.59 Å². The first-order valence-corrected chi connectivity index (χ1v) is 13.1. The number of ether oxygens (including phenoxy) is 3. The molecule has 0 spiro atoms. The molecule has 0 fully saturated rings. The molecule has 0 saturated carbocycles. The Morgan fingerprint density at radius 2 is 1.89 bits per heavy atom. The number of benzene rings is 2. The van der Waals surface area contributed by atoms with Crippen molar-refractivity contribution in [2.45, 2.75) is 17.9 Å². The van der Waals surface area contributed by atoms with Gasteiger partial charge < -0.3 is 14.2 Å². The molecule has 9 heteroatoms. The van der Waals surface area contributed by atoms with Crippen molar-refractivity contribution in [1.29, 1.82) is 0 Å². The summed E-state index contributed by atoms with van der Waals surface area (Å²) >= 11 is 2.89. The smallest absolute Gasteiger partial charge is 0.338 e. The predicted molar refractivity (Wildman–Crippen MR) is 143 cm³/mol. The van der Waals surface area contributed by atoms with Crippen LogP contribution in [0.3, 0.4) is 0 Å². The van der Waals surface area contributed by atoms with Gasteiger partial charge in [0.1, 0.15) is 6.61 Å². The molecule has 36 heavy (non-hydrogen) atoms. The largest absolute Gasteiger partial charge is 0.493 e. The number of rotatable bonds is 8.